The van der Waals surface area contributed by atoms with Gasteiger partial charge in [-0.3, -0.25) is 5.43 Å². The van der Waals surface area contributed by atoms with Crippen LogP contribution in [0.15, 0.2) is 0 Å². The molecular formula is C12H22N6O2. The van der Waals surface area contributed by atoms with E-state index in [9.17, 15) is 5.11 Å². The molecule has 2 rings (SSSR count). The molecule has 1 fully saturated rings. The highest BCUT2D eigenvalue weighted by Gasteiger charge is 2.47. The lowest BCUT2D eigenvalue weighted by atomic mass is 9.65. The molecule has 20 heavy (non-hydrogen) atoms. The van der Waals surface area contributed by atoms with Gasteiger partial charge in [-0.2, -0.15) is 15.0 Å². The Hall–Kier alpha value is -1.67. The van der Waals surface area contributed by atoms with E-state index >= 15 is 0 Å². The molecule has 0 saturated heterocycles. The van der Waals surface area contributed by atoms with Crippen molar-refractivity contribution in [3.63, 3.8) is 0 Å². The quantitative estimate of drug-likeness (QED) is 0.440. The Kier molecular flexibility index (Phi) is 4.24. The third kappa shape index (κ3) is 2.91. The van der Waals surface area contributed by atoms with E-state index in [1.807, 2.05) is 20.8 Å². The number of nitrogens with two attached hydrogens (primary N) is 1. The average Bonchev–Trinajstić information content (AvgIpc) is 2.44. The number of aliphatic hydroxyl groups excluding tert-OH is 1. The van der Waals surface area contributed by atoms with E-state index in [1.54, 1.807) is 0 Å². The van der Waals surface area contributed by atoms with Gasteiger partial charge in [-0.25, -0.2) is 5.84 Å². The molecule has 1 heterocycles. The fourth-order valence-corrected chi connectivity index (χ4v) is 2.05. The predicted octanol–water partition coefficient (Wildman–Crippen LogP) is 0.517. The zero-order chi connectivity index (χ0) is 14.8. The number of nitrogen functional groups attached to an aromatic ring is 1. The molecule has 5 N–H and O–H groups in total. The van der Waals surface area contributed by atoms with Crippen molar-refractivity contribution in [2.75, 3.05) is 17.3 Å². The molecule has 0 radical (unpaired) electrons. The molecule has 0 spiro atoms. The monoisotopic (exact) mass is 282 g/mol. The van der Waals surface area contributed by atoms with Crippen LogP contribution in [0.25, 0.3) is 0 Å². The molecule has 0 amide bonds. The minimum absolute atomic E-state index is 0.101. The largest absolute Gasteiger partial charge is 0.463 e. The molecule has 0 bridgehead atoms. The van der Waals surface area contributed by atoms with Crippen LogP contribution in [0.4, 0.5) is 11.9 Å². The summed E-state index contributed by atoms with van der Waals surface area (Å²) in [6, 6.07) is 0.333. The lowest BCUT2D eigenvalue weighted by molar-refractivity contribution is -0.0513. The van der Waals surface area contributed by atoms with Gasteiger partial charge >= 0.3 is 6.01 Å². The summed E-state index contributed by atoms with van der Waals surface area (Å²) in [5.41, 5.74) is 2.18. The summed E-state index contributed by atoms with van der Waals surface area (Å²) < 4.78 is 5.40. The Bertz CT molecular complexity index is 467. The van der Waals surface area contributed by atoms with Crippen molar-refractivity contribution >= 4 is 11.9 Å². The minimum atomic E-state index is -0.315. The molecule has 0 aromatic carbocycles. The first-order valence-electron chi connectivity index (χ1n) is 6.77. The maximum absolute atomic E-state index is 9.75. The number of nitrogens with one attached hydrogen (secondary N) is 2. The lowest BCUT2D eigenvalue weighted by Gasteiger charge is -2.49. The third-order valence-electron chi connectivity index (χ3n) is 3.70. The second-order valence-corrected chi connectivity index (χ2v) is 5.53. The summed E-state index contributed by atoms with van der Waals surface area (Å²) in [6.07, 6.45) is 1.21. The smallest absolute Gasteiger partial charge is 0.323 e. The van der Waals surface area contributed by atoms with Crippen molar-refractivity contribution in [2.45, 2.75) is 45.8 Å². The number of nitrogens with zero attached hydrogens (tertiary/aromatic N) is 3. The Balaban J connectivity index is 2.10. The Morgan fingerprint density at radius 2 is 2.05 bits per heavy atom. The summed E-state index contributed by atoms with van der Waals surface area (Å²) in [4.78, 5) is 12.4. The maximum Gasteiger partial charge on any atom is 0.323 e. The number of hydrogen-bond acceptors (Lipinski definition) is 8. The summed E-state index contributed by atoms with van der Waals surface area (Å²) in [5.74, 6) is 5.98. The molecule has 1 aromatic rings. The molecule has 1 saturated carbocycles. The first-order valence-corrected chi connectivity index (χ1v) is 6.77. The van der Waals surface area contributed by atoms with Crippen LogP contribution in [0.2, 0.25) is 0 Å². The highest BCUT2D eigenvalue weighted by molar-refractivity contribution is 5.37. The third-order valence-corrected chi connectivity index (χ3v) is 3.70. The molecule has 112 valence electrons. The van der Waals surface area contributed by atoms with E-state index in [-0.39, 0.29) is 29.5 Å². The van der Waals surface area contributed by atoms with Crippen molar-refractivity contribution in [1.29, 1.82) is 0 Å². The van der Waals surface area contributed by atoms with Crippen LogP contribution < -0.4 is 21.3 Å². The zero-order valence-electron chi connectivity index (χ0n) is 12.1. The van der Waals surface area contributed by atoms with Crippen LogP contribution in [0.1, 0.15) is 33.6 Å². The Labute approximate surface area is 118 Å². The van der Waals surface area contributed by atoms with Gasteiger partial charge in [0.1, 0.15) is 0 Å². The number of aliphatic hydroxyl groups is 1. The number of hydrazine groups is 1. The van der Waals surface area contributed by atoms with Crippen LogP contribution in [-0.2, 0) is 0 Å². The second-order valence-electron chi connectivity index (χ2n) is 5.53. The minimum Gasteiger partial charge on any atom is -0.463 e. The first-order chi connectivity index (χ1) is 9.47. The van der Waals surface area contributed by atoms with Crippen LogP contribution in [0.5, 0.6) is 6.01 Å². The van der Waals surface area contributed by atoms with Crippen LogP contribution in [0, 0.1) is 5.41 Å². The van der Waals surface area contributed by atoms with Crippen molar-refractivity contribution in [2.24, 2.45) is 11.3 Å². The van der Waals surface area contributed by atoms with Gasteiger partial charge in [0, 0.05) is 11.5 Å². The van der Waals surface area contributed by atoms with Crippen LogP contribution in [-0.4, -0.2) is 38.8 Å². The van der Waals surface area contributed by atoms with E-state index in [4.69, 9.17) is 10.6 Å². The predicted molar refractivity (Wildman–Crippen MR) is 75.2 cm³/mol. The molecular weight excluding hydrogens is 260 g/mol. The molecule has 1 aliphatic rings. The zero-order valence-corrected chi connectivity index (χ0v) is 12.1. The van der Waals surface area contributed by atoms with Crippen molar-refractivity contribution < 1.29 is 9.84 Å². The topological polar surface area (TPSA) is 118 Å². The van der Waals surface area contributed by atoms with Crippen molar-refractivity contribution in [3.8, 4) is 6.01 Å². The summed E-state index contributed by atoms with van der Waals surface area (Å²) >= 11 is 0. The molecule has 2 unspecified atom stereocenters. The molecule has 2 atom stereocenters. The van der Waals surface area contributed by atoms with Crippen LogP contribution in [0.3, 0.4) is 0 Å². The van der Waals surface area contributed by atoms with E-state index in [2.05, 4.69) is 25.7 Å². The van der Waals surface area contributed by atoms with Gasteiger partial charge in [0.05, 0.1) is 12.7 Å². The fourth-order valence-electron chi connectivity index (χ4n) is 2.05. The summed E-state index contributed by atoms with van der Waals surface area (Å²) in [5, 5.41) is 12.9. The van der Waals surface area contributed by atoms with Gasteiger partial charge in [-0.15, -0.1) is 0 Å². The van der Waals surface area contributed by atoms with E-state index in [0.29, 0.717) is 19.0 Å². The number of anilines is 2. The van der Waals surface area contributed by atoms with Crippen molar-refractivity contribution in [1.82, 2.24) is 15.0 Å². The Morgan fingerprint density at radius 1 is 1.35 bits per heavy atom. The van der Waals surface area contributed by atoms with Crippen LogP contribution >= 0.6 is 0 Å². The maximum atomic E-state index is 9.75. The van der Waals surface area contributed by atoms with Gasteiger partial charge in [0.2, 0.25) is 11.9 Å². The van der Waals surface area contributed by atoms with Crippen molar-refractivity contribution in [3.05, 3.63) is 0 Å². The van der Waals surface area contributed by atoms with E-state index < -0.39 is 0 Å². The normalized spacial score (nSPS) is 23.9. The van der Waals surface area contributed by atoms with Gasteiger partial charge in [-0.1, -0.05) is 20.8 Å². The lowest BCUT2D eigenvalue weighted by Crippen LogP contribution is -2.57. The molecule has 8 heteroatoms. The van der Waals surface area contributed by atoms with Gasteiger partial charge < -0.3 is 15.2 Å². The number of ether oxygens (including phenoxy) is 1. The molecule has 1 aliphatic carbocycles. The van der Waals surface area contributed by atoms with Gasteiger partial charge in [0.15, 0.2) is 0 Å². The van der Waals surface area contributed by atoms with Gasteiger partial charge in [0.25, 0.3) is 0 Å². The first kappa shape index (κ1) is 14.7. The average molecular weight is 282 g/mol. The highest BCUT2D eigenvalue weighted by Crippen LogP contribution is 2.41. The molecule has 8 nitrogen and oxygen atoms in total. The number of rotatable bonds is 6. The summed E-state index contributed by atoms with van der Waals surface area (Å²) in [7, 11) is 0. The number of aromatic nitrogens is 3. The highest BCUT2D eigenvalue weighted by atomic mass is 16.5. The molecule has 1 aromatic heterocycles. The van der Waals surface area contributed by atoms with E-state index in [1.165, 1.54) is 0 Å². The fraction of sp³-hybridized carbons (Fsp3) is 0.750. The number of hydrogen-bond donors (Lipinski definition) is 4. The van der Waals surface area contributed by atoms with Gasteiger partial charge in [-0.05, 0) is 12.8 Å². The van der Waals surface area contributed by atoms with E-state index in [0.717, 1.165) is 6.42 Å². The Morgan fingerprint density at radius 3 is 2.60 bits per heavy atom. The SMILES string of the molecule is CCCOc1nc(NN)nc(NC2CC(O)C2(C)C)n1. The standard InChI is InChI=1S/C12H22N6O2/c1-4-5-20-11-16-9(15-10(17-11)18-13)14-7-6-8(19)12(7,2)3/h7-8,19H,4-6,13H2,1-3H3,(H2,14,15,16,17,18). The second kappa shape index (κ2) is 5.76. The molecule has 0 aliphatic heterocycles. The summed E-state index contributed by atoms with van der Waals surface area (Å²) in [6.45, 7) is 6.52.